The van der Waals surface area contributed by atoms with Gasteiger partial charge in [0, 0.05) is 24.2 Å². The zero-order valence-corrected chi connectivity index (χ0v) is 22.8. The topological polar surface area (TPSA) is 113 Å². The Kier molecular flexibility index (Phi) is 6.00. The number of fused-ring (bicyclic) bond motifs is 5. The number of nitrogens with two attached hydrogens (primary N) is 1. The van der Waals surface area contributed by atoms with E-state index in [1.54, 1.807) is 6.92 Å². The maximum Gasteiger partial charge on any atom is 0.417 e. The van der Waals surface area contributed by atoms with E-state index in [1.807, 2.05) is 4.90 Å². The predicted molar refractivity (Wildman–Crippen MR) is 141 cm³/mol. The summed E-state index contributed by atoms with van der Waals surface area (Å²) in [5.74, 6) is -6.35. The molecule has 230 valence electrons. The molecule has 5 atom stereocenters. The molecule has 2 aromatic heterocycles. The van der Waals surface area contributed by atoms with Gasteiger partial charge in [-0.15, -0.1) is 0 Å². The van der Waals surface area contributed by atoms with Crippen LogP contribution in [-0.4, -0.2) is 75.9 Å². The summed E-state index contributed by atoms with van der Waals surface area (Å²) in [5, 5.41) is 13.1. The smallest absolute Gasteiger partial charge is 0.417 e. The predicted octanol–water partition coefficient (Wildman–Crippen LogP) is 3.79. The van der Waals surface area contributed by atoms with Crippen LogP contribution in [0, 0.1) is 18.6 Å². The van der Waals surface area contributed by atoms with Crippen LogP contribution in [0.2, 0.25) is 0 Å². The Bertz CT molecular complexity index is 1670. The number of benzene rings is 1. The number of piperazine rings is 1. The van der Waals surface area contributed by atoms with Crippen LogP contribution in [0.5, 0.6) is 5.88 Å². The average molecular weight is 614 g/mol. The molecule has 3 saturated heterocycles. The molecule has 4 aliphatic heterocycles. The van der Waals surface area contributed by atoms with Crippen molar-refractivity contribution in [3.63, 3.8) is 0 Å². The van der Waals surface area contributed by atoms with Gasteiger partial charge in [-0.2, -0.15) is 18.2 Å². The second-order valence-corrected chi connectivity index (χ2v) is 11.6. The second-order valence-electron chi connectivity index (χ2n) is 11.6. The molecule has 3 aromatic rings. The molecule has 43 heavy (non-hydrogen) atoms. The monoisotopic (exact) mass is 613 g/mol. The van der Waals surface area contributed by atoms with Crippen LogP contribution in [0.4, 0.5) is 48.2 Å². The lowest BCUT2D eigenvalue weighted by Gasteiger charge is -2.47. The first kappa shape index (κ1) is 28.1. The van der Waals surface area contributed by atoms with Gasteiger partial charge in [0.05, 0.1) is 30.4 Å². The summed E-state index contributed by atoms with van der Waals surface area (Å²) in [5.41, 5.74) is 0.513. The average Bonchev–Trinajstić information content (AvgIpc) is 3.25. The number of nitrogen functional groups attached to an aromatic ring is 1. The molecule has 0 unspecified atom stereocenters. The molecular weight excluding hydrogens is 587 g/mol. The lowest BCUT2D eigenvalue weighted by Crippen LogP contribution is -2.67. The molecular formula is C27H26F7N7O2. The molecule has 4 aliphatic rings. The first-order valence-corrected chi connectivity index (χ1v) is 13.7. The fourth-order valence-electron chi connectivity index (χ4n) is 6.98. The molecule has 0 radical (unpaired) electrons. The molecule has 1 aromatic carbocycles. The van der Waals surface area contributed by atoms with E-state index in [-0.39, 0.29) is 41.2 Å². The Morgan fingerprint density at radius 2 is 1.88 bits per heavy atom. The van der Waals surface area contributed by atoms with Crippen molar-refractivity contribution in [3.8, 4) is 17.1 Å². The summed E-state index contributed by atoms with van der Waals surface area (Å²) in [6.45, 7) is 1.23. The van der Waals surface area contributed by atoms with E-state index in [9.17, 15) is 31.4 Å². The van der Waals surface area contributed by atoms with Gasteiger partial charge >= 0.3 is 6.18 Å². The summed E-state index contributed by atoms with van der Waals surface area (Å²) < 4.78 is 109. The zero-order chi connectivity index (χ0) is 30.7. The number of anilines is 3. The first-order chi connectivity index (χ1) is 20.2. The molecule has 9 nitrogen and oxygen atoms in total. The lowest BCUT2D eigenvalue weighted by molar-refractivity contribution is -0.137. The minimum absolute atomic E-state index is 0.0335. The third-order valence-electron chi connectivity index (χ3n) is 8.98. The number of halogens is 7. The highest BCUT2D eigenvalue weighted by molar-refractivity contribution is 5.98. The quantitative estimate of drug-likeness (QED) is 0.300. The van der Waals surface area contributed by atoms with Crippen molar-refractivity contribution in [1.29, 1.82) is 0 Å². The van der Waals surface area contributed by atoms with Gasteiger partial charge in [0.2, 0.25) is 11.8 Å². The van der Waals surface area contributed by atoms with E-state index in [4.69, 9.17) is 10.5 Å². The Balaban J connectivity index is 1.53. The first-order valence-electron chi connectivity index (χ1n) is 13.7. The highest BCUT2D eigenvalue weighted by Gasteiger charge is 2.56. The minimum atomic E-state index is -5.12. The van der Waals surface area contributed by atoms with Crippen molar-refractivity contribution in [1.82, 2.24) is 20.3 Å². The van der Waals surface area contributed by atoms with Crippen LogP contribution in [0.15, 0.2) is 6.07 Å². The molecule has 7 rings (SSSR count). The maximum absolute atomic E-state index is 16.6. The number of hydrogen-bond acceptors (Lipinski definition) is 9. The van der Waals surface area contributed by atoms with Crippen LogP contribution < -0.4 is 25.6 Å². The van der Waals surface area contributed by atoms with Crippen LogP contribution in [-0.2, 0) is 6.18 Å². The van der Waals surface area contributed by atoms with Gasteiger partial charge in [-0.3, -0.25) is 0 Å². The summed E-state index contributed by atoms with van der Waals surface area (Å²) in [6.07, 6.45) is -4.10. The van der Waals surface area contributed by atoms with Gasteiger partial charge in [0.15, 0.2) is 5.82 Å². The maximum atomic E-state index is 16.6. The number of pyridine rings is 1. The number of alkyl halides is 5. The Morgan fingerprint density at radius 3 is 2.56 bits per heavy atom. The summed E-state index contributed by atoms with van der Waals surface area (Å²) in [6, 6.07) is -1.42. The standard InChI is InChI=1S/C27H26F7N7O2/c1-9-17(27(32,33)34)12(5-13(35)18(9)28)20-19(29)21-16-23(39-25(38-21)41-8-26(30,31)15(41)7-42)40-6-11-3-4-14(36-11)22(40)10(2)43-24(16)37-20/h5,10-11,14-15,22,36,42H,3-4,6-8,35H2,1-2H3/t10-,11+,14-,15-,22+/m0/s1. The van der Waals surface area contributed by atoms with Crippen LogP contribution in [0.1, 0.15) is 30.9 Å². The van der Waals surface area contributed by atoms with E-state index in [2.05, 4.69) is 20.3 Å². The number of hydrogen-bond donors (Lipinski definition) is 3. The van der Waals surface area contributed by atoms with Crippen LogP contribution >= 0.6 is 0 Å². The largest absolute Gasteiger partial charge is 0.472 e. The molecule has 6 heterocycles. The molecule has 0 amide bonds. The number of ether oxygens (including phenoxy) is 1. The molecule has 0 saturated carbocycles. The van der Waals surface area contributed by atoms with Gasteiger partial charge in [-0.05, 0) is 38.3 Å². The van der Waals surface area contributed by atoms with Gasteiger partial charge in [0.1, 0.15) is 40.4 Å². The normalized spacial score (nSPS) is 27.5. The van der Waals surface area contributed by atoms with E-state index < -0.39 is 82.6 Å². The number of rotatable bonds is 3. The van der Waals surface area contributed by atoms with Crippen molar-refractivity contribution in [2.75, 3.05) is 35.2 Å². The molecule has 3 fully saturated rings. The van der Waals surface area contributed by atoms with Crippen molar-refractivity contribution < 1.29 is 40.6 Å². The zero-order valence-electron chi connectivity index (χ0n) is 22.8. The van der Waals surface area contributed by atoms with Crippen LogP contribution in [0.3, 0.4) is 0 Å². The highest BCUT2D eigenvalue weighted by Crippen LogP contribution is 2.48. The van der Waals surface area contributed by atoms with Crippen molar-refractivity contribution in [2.24, 2.45) is 0 Å². The minimum Gasteiger partial charge on any atom is -0.472 e. The van der Waals surface area contributed by atoms with Crippen LogP contribution in [0.25, 0.3) is 22.2 Å². The fraction of sp³-hybridized carbons (Fsp3) is 0.519. The lowest BCUT2D eigenvalue weighted by atomic mass is 9.96. The van der Waals surface area contributed by atoms with E-state index in [0.717, 1.165) is 24.7 Å². The van der Waals surface area contributed by atoms with Crippen molar-refractivity contribution in [3.05, 3.63) is 28.8 Å². The third kappa shape index (κ3) is 4.01. The SMILES string of the molecule is Cc1c(F)c(N)cc(-c2nc3c4c(nc(N5CC(F)(F)[C@@H]5CO)nc4c2F)N2C[C@H]4CC[C@H](N4)[C@H]2[C@H](C)O3)c1C(F)(F)F. The second kappa shape index (κ2) is 9.17. The Morgan fingerprint density at radius 1 is 1.14 bits per heavy atom. The Hall–Kier alpha value is -3.66. The highest BCUT2D eigenvalue weighted by atomic mass is 19.4. The summed E-state index contributed by atoms with van der Waals surface area (Å²) in [7, 11) is 0. The molecule has 16 heteroatoms. The number of aliphatic hydroxyl groups excluding tert-OH is 1. The summed E-state index contributed by atoms with van der Waals surface area (Å²) >= 11 is 0. The fourth-order valence-corrected chi connectivity index (χ4v) is 6.98. The number of nitrogens with one attached hydrogen (secondary N) is 1. The molecule has 0 aliphatic carbocycles. The van der Waals surface area contributed by atoms with Gasteiger partial charge in [-0.25, -0.2) is 27.5 Å². The van der Waals surface area contributed by atoms with Crippen molar-refractivity contribution in [2.45, 2.75) is 69.1 Å². The molecule has 4 N–H and O–H groups in total. The molecule has 0 spiro atoms. The van der Waals surface area contributed by atoms with E-state index in [1.165, 1.54) is 0 Å². The van der Waals surface area contributed by atoms with Gasteiger partial charge in [-0.1, -0.05) is 0 Å². The van der Waals surface area contributed by atoms with Gasteiger partial charge in [0.25, 0.3) is 5.92 Å². The van der Waals surface area contributed by atoms with Gasteiger partial charge < -0.3 is 30.7 Å². The van der Waals surface area contributed by atoms with E-state index >= 15 is 4.39 Å². The molecule has 2 bridgehead atoms. The number of nitrogens with zero attached hydrogens (tertiary/aromatic N) is 5. The van der Waals surface area contributed by atoms with Crippen molar-refractivity contribution >= 4 is 28.4 Å². The third-order valence-corrected chi connectivity index (χ3v) is 8.98. The summed E-state index contributed by atoms with van der Waals surface area (Å²) in [4.78, 5) is 15.9. The van der Waals surface area contributed by atoms with E-state index in [0.29, 0.717) is 12.6 Å². The number of aliphatic hydroxyl groups is 1. The Labute approximate surface area is 239 Å². The number of aromatic nitrogens is 3.